The van der Waals surface area contributed by atoms with Crippen molar-refractivity contribution in [3.8, 4) is 0 Å². The molecular weight excluding hydrogens is 410 g/mol. The van der Waals surface area contributed by atoms with Crippen molar-refractivity contribution >= 4 is 23.7 Å². The van der Waals surface area contributed by atoms with Gasteiger partial charge in [0.2, 0.25) is 17.7 Å². The number of piperidine rings is 1. The molecule has 3 aliphatic heterocycles. The molecule has 8 nitrogen and oxygen atoms in total. The highest BCUT2D eigenvalue weighted by molar-refractivity contribution is 6.02. The Morgan fingerprint density at radius 3 is 2.41 bits per heavy atom. The van der Waals surface area contributed by atoms with Crippen LogP contribution in [0.15, 0.2) is 0 Å². The molecule has 0 spiro atoms. The van der Waals surface area contributed by atoms with E-state index in [0.717, 1.165) is 19.3 Å². The average Bonchev–Trinajstić information content (AvgIpc) is 3.11. The van der Waals surface area contributed by atoms with E-state index in [4.69, 9.17) is 4.74 Å². The first-order valence-corrected chi connectivity index (χ1v) is 12.5. The summed E-state index contributed by atoms with van der Waals surface area (Å²) in [4.78, 5) is 51.2. The highest BCUT2D eigenvalue weighted by Crippen LogP contribution is 2.42. The zero-order valence-corrected chi connectivity index (χ0v) is 18.9. The van der Waals surface area contributed by atoms with Gasteiger partial charge in [-0.05, 0) is 57.3 Å². The number of rotatable bonds is 3. The monoisotopic (exact) mass is 445 g/mol. The second-order valence-electron chi connectivity index (χ2n) is 10.6. The molecule has 0 aromatic carbocycles. The molecule has 0 aromatic heterocycles. The maximum Gasteiger partial charge on any atom is 0.311 e. The van der Waals surface area contributed by atoms with Gasteiger partial charge >= 0.3 is 5.97 Å². The standard InChI is InChI=1S/C24H35N3O5/c1-13-12-18(25-22-16-4-2-3-5-17(16)32-24(31)21(13)22)26-23(30)14-6-8-15(9-7-14)27-19(28)10-11-20(27)29/h13-18,21-22,25H,2-12H2,1H3,(H,26,30). The quantitative estimate of drug-likeness (QED) is 0.508. The number of carbonyl (C=O) groups is 4. The fourth-order valence-electron chi connectivity index (χ4n) is 6.94. The number of hydrogen-bond donors (Lipinski definition) is 2. The summed E-state index contributed by atoms with van der Waals surface area (Å²) in [7, 11) is 0. The minimum absolute atomic E-state index is 0.0120. The molecule has 6 atom stereocenters. The van der Waals surface area contributed by atoms with Crippen molar-refractivity contribution in [3.05, 3.63) is 0 Å². The third-order valence-electron chi connectivity index (χ3n) is 8.59. The van der Waals surface area contributed by atoms with Crippen molar-refractivity contribution in [2.24, 2.45) is 23.7 Å². The predicted molar refractivity (Wildman–Crippen MR) is 115 cm³/mol. The van der Waals surface area contributed by atoms with Crippen molar-refractivity contribution < 1.29 is 23.9 Å². The van der Waals surface area contributed by atoms with Crippen molar-refractivity contribution in [1.82, 2.24) is 15.5 Å². The summed E-state index contributed by atoms with van der Waals surface area (Å²) in [5.41, 5.74) is 0. The molecule has 5 rings (SSSR count). The van der Waals surface area contributed by atoms with Crippen LogP contribution >= 0.6 is 0 Å². The van der Waals surface area contributed by atoms with E-state index >= 15 is 0 Å². The molecule has 3 amide bonds. The molecule has 3 saturated heterocycles. The second-order valence-corrected chi connectivity index (χ2v) is 10.6. The zero-order chi connectivity index (χ0) is 22.4. The lowest BCUT2D eigenvalue weighted by molar-refractivity contribution is -0.179. The minimum Gasteiger partial charge on any atom is -0.462 e. The predicted octanol–water partition coefficient (Wildman–Crippen LogP) is 1.87. The van der Waals surface area contributed by atoms with Crippen molar-refractivity contribution in [3.63, 3.8) is 0 Å². The summed E-state index contributed by atoms with van der Waals surface area (Å²) in [5.74, 6) is 0.108. The molecule has 6 unspecified atom stereocenters. The van der Waals surface area contributed by atoms with Gasteiger partial charge in [-0.3, -0.25) is 29.4 Å². The summed E-state index contributed by atoms with van der Waals surface area (Å²) in [5, 5.41) is 6.83. The Morgan fingerprint density at radius 1 is 1.00 bits per heavy atom. The lowest BCUT2D eigenvalue weighted by atomic mass is 9.68. The van der Waals surface area contributed by atoms with E-state index in [1.165, 1.54) is 11.3 Å². The SMILES string of the molecule is CC1CC(NC(=O)C2CCC(N3C(=O)CCC3=O)CC2)NC2C3CCCCC3OC(=O)C12. The highest BCUT2D eigenvalue weighted by Gasteiger charge is 2.51. The fourth-order valence-corrected chi connectivity index (χ4v) is 6.94. The second kappa shape index (κ2) is 8.76. The van der Waals surface area contributed by atoms with Gasteiger partial charge in [-0.25, -0.2) is 0 Å². The van der Waals surface area contributed by atoms with Crippen molar-refractivity contribution in [2.75, 3.05) is 0 Å². The number of hydrogen-bond acceptors (Lipinski definition) is 6. The Kier molecular flexibility index (Phi) is 5.99. The molecule has 0 aromatic rings. The Morgan fingerprint density at radius 2 is 1.69 bits per heavy atom. The molecule has 2 N–H and O–H groups in total. The Labute approximate surface area is 189 Å². The van der Waals surface area contributed by atoms with Crippen LogP contribution in [0.2, 0.25) is 0 Å². The van der Waals surface area contributed by atoms with E-state index in [2.05, 4.69) is 17.6 Å². The van der Waals surface area contributed by atoms with E-state index < -0.39 is 0 Å². The van der Waals surface area contributed by atoms with Gasteiger partial charge in [0, 0.05) is 36.8 Å². The first kappa shape index (κ1) is 21.9. The molecule has 176 valence electrons. The number of likely N-dealkylation sites (tertiary alicyclic amines) is 1. The van der Waals surface area contributed by atoms with Crippen LogP contribution in [0.25, 0.3) is 0 Å². The van der Waals surface area contributed by atoms with Gasteiger partial charge in [-0.15, -0.1) is 0 Å². The Hall–Kier alpha value is -1.96. The van der Waals surface area contributed by atoms with Gasteiger partial charge in [-0.2, -0.15) is 0 Å². The normalized spacial score (nSPS) is 42.2. The summed E-state index contributed by atoms with van der Waals surface area (Å²) >= 11 is 0. The van der Waals surface area contributed by atoms with Crippen LogP contribution in [0, 0.1) is 23.7 Å². The largest absolute Gasteiger partial charge is 0.462 e. The highest BCUT2D eigenvalue weighted by atomic mass is 16.5. The summed E-state index contributed by atoms with van der Waals surface area (Å²) in [6, 6.07) is 0.0187. The lowest BCUT2D eigenvalue weighted by Crippen LogP contribution is -2.66. The van der Waals surface area contributed by atoms with E-state index in [0.29, 0.717) is 50.9 Å². The third-order valence-corrected chi connectivity index (χ3v) is 8.59. The molecule has 3 heterocycles. The van der Waals surface area contributed by atoms with Crippen LogP contribution in [0.3, 0.4) is 0 Å². The van der Waals surface area contributed by atoms with E-state index in [1.54, 1.807) is 0 Å². The molecule has 5 fully saturated rings. The number of amides is 3. The topological polar surface area (TPSA) is 105 Å². The third kappa shape index (κ3) is 3.95. The Bertz CT molecular complexity index is 777. The van der Waals surface area contributed by atoms with Crippen LogP contribution in [0.5, 0.6) is 0 Å². The number of ether oxygens (including phenoxy) is 1. The smallest absolute Gasteiger partial charge is 0.311 e. The van der Waals surface area contributed by atoms with Crippen LogP contribution in [0.1, 0.15) is 77.6 Å². The zero-order valence-electron chi connectivity index (χ0n) is 18.9. The fraction of sp³-hybridized carbons (Fsp3) is 0.833. The first-order chi connectivity index (χ1) is 15.4. The average molecular weight is 446 g/mol. The maximum absolute atomic E-state index is 13.0. The number of fused-ring (bicyclic) bond motifs is 3. The lowest BCUT2D eigenvalue weighted by Gasteiger charge is -2.50. The summed E-state index contributed by atoms with van der Waals surface area (Å²) < 4.78 is 5.79. The van der Waals surface area contributed by atoms with Gasteiger partial charge in [0.25, 0.3) is 0 Å². The number of esters is 1. The van der Waals surface area contributed by atoms with Crippen LogP contribution in [0.4, 0.5) is 0 Å². The van der Waals surface area contributed by atoms with Crippen LogP contribution < -0.4 is 10.6 Å². The first-order valence-electron chi connectivity index (χ1n) is 12.5. The molecule has 32 heavy (non-hydrogen) atoms. The number of imide groups is 1. The Balaban J connectivity index is 1.18. The molecule has 2 aliphatic carbocycles. The van der Waals surface area contributed by atoms with Crippen LogP contribution in [-0.2, 0) is 23.9 Å². The van der Waals surface area contributed by atoms with Gasteiger partial charge in [-0.1, -0.05) is 13.3 Å². The minimum atomic E-state index is -0.133. The van der Waals surface area contributed by atoms with Crippen LogP contribution in [-0.4, -0.2) is 52.9 Å². The van der Waals surface area contributed by atoms with Gasteiger partial charge in [0.05, 0.1) is 12.1 Å². The molecule has 8 heteroatoms. The maximum atomic E-state index is 13.0. The summed E-state index contributed by atoms with van der Waals surface area (Å²) in [6.45, 7) is 2.09. The number of nitrogens with zero attached hydrogens (tertiary/aromatic N) is 1. The molecule has 0 radical (unpaired) electrons. The molecule has 5 aliphatic rings. The van der Waals surface area contributed by atoms with E-state index in [9.17, 15) is 19.2 Å². The molecule has 2 saturated carbocycles. The van der Waals surface area contributed by atoms with E-state index in [-0.39, 0.29) is 65.8 Å². The molecular formula is C24H35N3O5. The van der Waals surface area contributed by atoms with Crippen molar-refractivity contribution in [2.45, 2.75) is 102 Å². The number of carbonyl (C=O) groups excluding carboxylic acids is 4. The van der Waals surface area contributed by atoms with Gasteiger partial charge < -0.3 is 10.1 Å². The van der Waals surface area contributed by atoms with E-state index in [1.807, 2.05) is 0 Å². The molecule has 0 bridgehead atoms. The van der Waals surface area contributed by atoms with Crippen molar-refractivity contribution in [1.29, 1.82) is 0 Å². The van der Waals surface area contributed by atoms with Gasteiger partial charge in [0.1, 0.15) is 6.10 Å². The number of nitrogens with one attached hydrogen (secondary N) is 2. The summed E-state index contributed by atoms with van der Waals surface area (Å²) in [6.07, 6.45) is 8.31. The van der Waals surface area contributed by atoms with Gasteiger partial charge in [0.15, 0.2) is 0 Å².